The van der Waals surface area contributed by atoms with E-state index in [1.807, 2.05) is 31.2 Å². The summed E-state index contributed by atoms with van der Waals surface area (Å²) in [7, 11) is 0. The maximum atomic E-state index is 5.68. The van der Waals surface area contributed by atoms with Crippen LogP contribution < -0.4 is 10.1 Å². The highest BCUT2D eigenvalue weighted by atomic mass is 16.5. The molecule has 0 saturated carbocycles. The summed E-state index contributed by atoms with van der Waals surface area (Å²) in [6.45, 7) is 11.1. The van der Waals surface area contributed by atoms with E-state index >= 15 is 0 Å². The molecular weight excluding hydrogens is 250 g/mol. The van der Waals surface area contributed by atoms with Crippen molar-refractivity contribution in [2.75, 3.05) is 19.8 Å². The molecule has 0 saturated heterocycles. The fourth-order valence-corrected chi connectivity index (χ4v) is 1.58. The molecule has 3 nitrogen and oxygen atoms in total. The lowest BCUT2D eigenvalue weighted by atomic mass is 10.1. The summed E-state index contributed by atoms with van der Waals surface area (Å²) in [6.07, 6.45) is 3.96. The molecule has 3 heteroatoms. The summed E-state index contributed by atoms with van der Waals surface area (Å²) in [5, 5.41) is 3.47. The molecule has 0 radical (unpaired) electrons. The van der Waals surface area contributed by atoms with Crippen LogP contribution in [0.4, 0.5) is 0 Å². The van der Waals surface area contributed by atoms with Gasteiger partial charge >= 0.3 is 0 Å². The van der Waals surface area contributed by atoms with Crippen LogP contribution in [0.3, 0.4) is 0 Å². The van der Waals surface area contributed by atoms with Gasteiger partial charge in [-0.1, -0.05) is 24.3 Å². The Hall–Kier alpha value is -1.32. The van der Waals surface area contributed by atoms with Gasteiger partial charge in [-0.15, -0.1) is 0 Å². The number of nitrogens with one attached hydrogen (secondary N) is 1. The van der Waals surface area contributed by atoms with Gasteiger partial charge in [0.25, 0.3) is 0 Å². The normalized spacial score (nSPS) is 12.0. The van der Waals surface area contributed by atoms with Crippen molar-refractivity contribution in [2.24, 2.45) is 0 Å². The van der Waals surface area contributed by atoms with E-state index in [1.54, 1.807) is 0 Å². The van der Waals surface area contributed by atoms with E-state index in [0.29, 0.717) is 19.8 Å². The molecule has 0 aliphatic carbocycles. The third-order valence-corrected chi connectivity index (χ3v) is 2.67. The average molecular weight is 277 g/mol. The highest BCUT2D eigenvalue weighted by Crippen LogP contribution is 2.14. The van der Waals surface area contributed by atoms with Crippen LogP contribution in [0.1, 0.15) is 33.3 Å². The van der Waals surface area contributed by atoms with Crippen molar-refractivity contribution in [1.29, 1.82) is 0 Å². The van der Waals surface area contributed by atoms with Crippen molar-refractivity contribution < 1.29 is 9.47 Å². The second kappa shape index (κ2) is 8.77. The molecule has 20 heavy (non-hydrogen) atoms. The van der Waals surface area contributed by atoms with E-state index in [0.717, 1.165) is 12.3 Å². The number of rotatable bonds is 8. The quantitative estimate of drug-likeness (QED) is 0.582. The summed E-state index contributed by atoms with van der Waals surface area (Å²) in [6, 6.07) is 8.18. The van der Waals surface area contributed by atoms with Gasteiger partial charge in [-0.3, -0.25) is 0 Å². The third-order valence-electron chi connectivity index (χ3n) is 2.67. The molecule has 0 aromatic heterocycles. The van der Waals surface area contributed by atoms with Crippen molar-refractivity contribution >= 4 is 0 Å². The van der Waals surface area contributed by atoms with E-state index in [4.69, 9.17) is 9.47 Å². The lowest BCUT2D eigenvalue weighted by Gasteiger charge is -2.20. The minimum Gasteiger partial charge on any atom is -0.491 e. The Morgan fingerprint density at radius 2 is 2.00 bits per heavy atom. The number of hydrogen-bond acceptors (Lipinski definition) is 3. The summed E-state index contributed by atoms with van der Waals surface area (Å²) in [5.41, 5.74) is 1.35. The Balaban J connectivity index is 2.32. The lowest BCUT2D eigenvalue weighted by Crippen LogP contribution is -2.35. The van der Waals surface area contributed by atoms with Gasteiger partial charge in [-0.05, 0) is 45.4 Å². The molecule has 0 aliphatic rings. The predicted octanol–water partition coefficient (Wildman–Crippen LogP) is 3.55. The maximum absolute atomic E-state index is 5.68. The standard InChI is InChI=1S/C17H27NO2/c1-5-6-10-19-11-12-20-16-9-7-8-15(13-16)14-18-17(2,3)4/h5-9,13,18H,10-12,14H2,1-4H3. The molecule has 0 unspecified atom stereocenters. The highest BCUT2D eigenvalue weighted by molar-refractivity contribution is 5.28. The molecule has 1 rings (SSSR count). The number of ether oxygens (including phenoxy) is 2. The third kappa shape index (κ3) is 7.97. The number of allylic oxidation sites excluding steroid dienone is 1. The van der Waals surface area contributed by atoms with E-state index in [9.17, 15) is 0 Å². The molecule has 0 fully saturated rings. The van der Waals surface area contributed by atoms with Crippen LogP contribution in [0.5, 0.6) is 5.75 Å². The summed E-state index contributed by atoms with van der Waals surface area (Å²) >= 11 is 0. The minimum absolute atomic E-state index is 0.123. The van der Waals surface area contributed by atoms with Crippen LogP contribution in [0.2, 0.25) is 0 Å². The van der Waals surface area contributed by atoms with Crippen molar-refractivity contribution in [3.8, 4) is 5.75 Å². The van der Waals surface area contributed by atoms with Crippen LogP contribution in [0, 0.1) is 0 Å². The Morgan fingerprint density at radius 3 is 2.70 bits per heavy atom. The first-order valence-electron chi connectivity index (χ1n) is 7.17. The SMILES string of the molecule is CC=CCOCCOc1cccc(CNC(C)(C)C)c1. The van der Waals surface area contributed by atoms with Crippen LogP contribution in [-0.4, -0.2) is 25.4 Å². The minimum atomic E-state index is 0.123. The molecule has 0 amide bonds. The molecule has 1 aromatic carbocycles. The second-order valence-electron chi connectivity index (χ2n) is 5.74. The summed E-state index contributed by atoms with van der Waals surface area (Å²) in [5.74, 6) is 0.896. The van der Waals surface area contributed by atoms with Crippen LogP contribution >= 0.6 is 0 Å². The largest absolute Gasteiger partial charge is 0.491 e. The summed E-state index contributed by atoms with van der Waals surface area (Å²) < 4.78 is 11.1. The Morgan fingerprint density at radius 1 is 1.20 bits per heavy atom. The van der Waals surface area contributed by atoms with E-state index in [2.05, 4.69) is 38.2 Å². The Labute approximate surface area is 123 Å². The molecule has 1 N–H and O–H groups in total. The monoisotopic (exact) mass is 277 g/mol. The van der Waals surface area contributed by atoms with Crippen LogP contribution in [0.15, 0.2) is 36.4 Å². The number of benzene rings is 1. The first-order chi connectivity index (χ1) is 9.51. The molecule has 0 atom stereocenters. The van der Waals surface area contributed by atoms with Gasteiger partial charge in [0.05, 0.1) is 13.2 Å². The predicted molar refractivity (Wildman–Crippen MR) is 84.2 cm³/mol. The van der Waals surface area contributed by atoms with Gasteiger partial charge < -0.3 is 14.8 Å². The van der Waals surface area contributed by atoms with Crippen molar-refractivity contribution in [3.63, 3.8) is 0 Å². The van der Waals surface area contributed by atoms with Gasteiger partial charge in [-0.2, -0.15) is 0 Å². The van der Waals surface area contributed by atoms with Crippen molar-refractivity contribution in [3.05, 3.63) is 42.0 Å². The molecule has 112 valence electrons. The first kappa shape index (κ1) is 16.7. The highest BCUT2D eigenvalue weighted by Gasteiger charge is 2.08. The van der Waals surface area contributed by atoms with E-state index in [1.165, 1.54) is 5.56 Å². The molecule has 0 spiro atoms. The smallest absolute Gasteiger partial charge is 0.119 e. The average Bonchev–Trinajstić information content (AvgIpc) is 2.40. The fourth-order valence-electron chi connectivity index (χ4n) is 1.58. The fraction of sp³-hybridized carbons (Fsp3) is 0.529. The second-order valence-corrected chi connectivity index (χ2v) is 5.74. The lowest BCUT2D eigenvalue weighted by molar-refractivity contribution is 0.121. The van der Waals surface area contributed by atoms with Gasteiger partial charge in [0.2, 0.25) is 0 Å². The van der Waals surface area contributed by atoms with E-state index < -0.39 is 0 Å². The van der Waals surface area contributed by atoms with Gasteiger partial charge in [-0.25, -0.2) is 0 Å². The Kier molecular flexibility index (Phi) is 7.34. The zero-order valence-corrected chi connectivity index (χ0v) is 13.1. The molecule has 1 aromatic rings. The first-order valence-corrected chi connectivity index (χ1v) is 7.17. The van der Waals surface area contributed by atoms with E-state index in [-0.39, 0.29) is 5.54 Å². The van der Waals surface area contributed by atoms with Gasteiger partial charge in [0.1, 0.15) is 12.4 Å². The topological polar surface area (TPSA) is 30.5 Å². The van der Waals surface area contributed by atoms with Gasteiger partial charge in [0.15, 0.2) is 0 Å². The van der Waals surface area contributed by atoms with Gasteiger partial charge in [0, 0.05) is 12.1 Å². The van der Waals surface area contributed by atoms with Crippen molar-refractivity contribution in [2.45, 2.75) is 39.8 Å². The van der Waals surface area contributed by atoms with Crippen LogP contribution in [0.25, 0.3) is 0 Å². The zero-order valence-electron chi connectivity index (χ0n) is 13.1. The molecular formula is C17H27NO2. The molecule has 0 heterocycles. The van der Waals surface area contributed by atoms with Crippen LogP contribution in [-0.2, 0) is 11.3 Å². The number of hydrogen-bond donors (Lipinski definition) is 1. The summed E-state index contributed by atoms with van der Waals surface area (Å²) in [4.78, 5) is 0. The maximum Gasteiger partial charge on any atom is 0.119 e. The molecule has 0 aliphatic heterocycles. The zero-order chi connectivity index (χ0) is 14.8. The Bertz CT molecular complexity index is 408. The van der Waals surface area contributed by atoms with Crippen molar-refractivity contribution in [1.82, 2.24) is 5.32 Å². The molecule has 0 bridgehead atoms.